The number of hydrogen-bond acceptors (Lipinski definition) is 5. The predicted molar refractivity (Wildman–Crippen MR) is 57.9 cm³/mol. The molecular formula is C10H10N2O3S. The van der Waals surface area contributed by atoms with E-state index >= 15 is 0 Å². The van der Waals surface area contributed by atoms with Crippen LogP contribution in [-0.2, 0) is 4.79 Å². The van der Waals surface area contributed by atoms with Gasteiger partial charge in [-0.25, -0.2) is 4.98 Å². The zero-order valence-corrected chi connectivity index (χ0v) is 9.15. The minimum atomic E-state index is -1.04. The van der Waals surface area contributed by atoms with Crippen molar-refractivity contribution in [1.29, 1.82) is 5.26 Å². The Morgan fingerprint density at radius 3 is 3.06 bits per heavy atom. The Balaban J connectivity index is 2.48. The van der Waals surface area contributed by atoms with E-state index in [0.717, 1.165) is 0 Å². The van der Waals surface area contributed by atoms with Gasteiger partial charge in [-0.3, -0.25) is 4.79 Å². The van der Waals surface area contributed by atoms with Gasteiger partial charge in [-0.1, -0.05) is 0 Å². The molecule has 1 aromatic heterocycles. The van der Waals surface area contributed by atoms with Crippen LogP contribution < -0.4 is 0 Å². The van der Waals surface area contributed by atoms with Crippen LogP contribution >= 0.6 is 11.8 Å². The van der Waals surface area contributed by atoms with Crippen LogP contribution in [0.2, 0.25) is 0 Å². The van der Waals surface area contributed by atoms with Crippen LogP contribution in [0.1, 0.15) is 12.0 Å². The molecule has 1 unspecified atom stereocenters. The fourth-order valence-corrected chi connectivity index (χ4v) is 1.83. The van der Waals surface area contributed by atoms with Crippen molar-refractivity contribution in [2.45, 2.75) is 17.6 Å². The van der Waals surface area contributed by atoms with Crippen LogP contribution in [0.4, 0.5) is 0 Å². The third-order valence-electron chi connectivity index (χ3n) is 1.70. The number of aliphatic hydroxyl groups is 1. The largest absolute Gasteiger partial charge is 0.481 e. The van der Waals surface area contributed by atoms with Gasteiger partial charge in [-0.15, -0.1) is 11.8 Å². The zero-order valence-electron chi connectivity index (χ0n) is 8.33. The number of carbonyl (C=O) groups is 1. The standard InChI is InChI=1S/C10H10N2O3S/c11-5-7-1-2-12-9(3-7)16-6-8(13)4-10(14)15/h1-3,8,13H,4,6H2,(H,14,15). The molecule has 0 fully saturated rings. The van der Waals surface area contributed by atoms with Gasteiger partial charge in [-0.05, 0) is 12.1 Å². The Kier molecular flexibility index (Phi) is 4.76. The molecule has 0 saturated carbocycles. The molecule has 0 amide bonds. The van der Waals surface area contributed by atoms with E-state index in [1.165, 1.54) is 18.0 Å². The highest BCUT2D eigenvalue weighted by Crippen LogP contribution is 2.17. The molecule has 16 heavy (non-hydrogen) atoms. The number of hydrogen-bond donors (Lipinski definition) is 2. The maximum Gasteiger partial charge on any atom is 0.306 e. The molecule has 0 aliphatic carbocycles. The minimum Gasteiger partial charge on any atom is -0.481 e. The summed E-state index contributed by atoms with van der Waals surface area (Å²) in [5, 5.41) is 27.0. The number of nitrogens with zero attached hydrogens (tertiary/aromatic N) is 2. The van der Waals surface area contributed by atoms with Crippen LogP contribution in [0, 0.1) is 11.3 Å². The monoisotopic (exact) mass is 238 g/mol. The highest BCUT2D eigenvalue weighted by atomic mass is 32.2. The van der Waals surface area contributed by atoms with Gasteiger partial charge in [0, 0.05) is 11.9 Å². The van der Waals surface area contributed by atoms with Crippen molar-refractivity contribution in [3.05, 3.63) is 23.9 Å². The summed E-state index contributed by atoms with van der Waals surface area (Å²) >= 11 is 1.22. The molecule has 1 aromatic rings. The highest BCUT2D eigenvalue weighted by molar-refractivity contribution is 7.99. The molecular weight excluding hydrogens is 228 g/mol. The second-order valence-electron chi connectivity index (χ2n) is 3.06. The van der Waals surface area contributed by atoms with E-state index in [4.69, 9.17) is 10.4 Å². The van der Waals surface area contributed by atoms with E-state index in [-0.39, 0.29) is 12.2 Å². The number of carboxylic acid groups (broad SMARTS) is 1. The highest BCUT2D eigenvalue weighted by Gasteiger charge is 2.10. The Morgan fingerprint density at radius 2 is 2.44 bits per heavy atom. The maximum atomic E-state index is 10.3. The second kappa shape index (κ2) is 6.10. The molecule has 0 spiro atoms. The SMILES string of the molecule is N#Cc1ccnc(SCC(O)CC(=O)O)c1. The predicted octanol–water partition coefficient (Wildman–Crippen LogP) is 0.881. The van der Waals surface area contributed by atoms with Crippen molar-refractivity contribution in [3.8, 4) is 6.07 Å². The van der Waals surface area contributed by atoms with E-state index in [0.29, 0.717) is 10.6 Å². The number of aromatic nitrogens is 1. The zero-order chi connectivity index (χ0) is 12.0. The Morgan fingerprint density at radius 1 is 1.69 bits per heavy atom. The van der Waals surface area contributed by atoms with Gasteiger partial charge < -0.3 is 10.2 Å². The number of nitriles is 1. The average molecular weight is 238 g/mol. The van der Waals surface area contributed by atoms with E-state index in [2.05, 4.69) is 4.98 Å². The number of carboxylic acids is 1. The van der Waals surface area contributed by atoms with Gasteiger partial charge in [0.1, 0.15) is 0 Å². The minimum absolute atomic E-state index is 0.244. The topological polar surface area (TPSA) is 94.2 Å². The lowest BCUT2D eigenvalue weighted by atomic mass is 10.3. The van der Waals surface area contributed by atoms with Crippen LogP contribution in [0.25, 0.3) is 0 Å². The third-order valence-corrected chi connectivity index (χ3v) is 2.77. The lowest BCUT2D eigenvalue weighted by molar-refractivity contribution is -0.138. The number of aliphatic hydroxyl groups excluding tert-OH is 1. The molecule has 5 nitrogen and oxygen atoms in total. The summed E-state index contributed by atoms with van der Waals surface area (Å²) in [4.78, 5) is 14.3. The maximum absolute atomic E-state index is 10.3. The summed E-state index contributed by atoms with van der Waals surface area (Å²) in [6, 6.07) is 5.15. The fraction of sp³-hybridized carbons (Fsp3) is 0.300. The molecule has 0 aromatic carbocycles. The molecule has 0 aliphatic rings. The molecule has 0 saturated heterocycles. The van der Waals surface area contributed by atoms with Gasteiger partial charge in [0.25, 0.3) is 0 Å². The summed E-state index contributed by atoms with van der Waals surface area (Å²) in [7, 11) is 0. The van der Waals surface area contributed by atoms with Crippen LogP contribution in [0.15, 0.2) is 23.4 Å². The van der Waals surface area contributed by atoms with Gasteiger partial charge in [0.2, 0.25) is 0 Å². The second-order valence-corrected chi connectivity index (χ2v) is 4.10. The van der Waals surface area contributed by atoms with Crippen LogP contribution in [0.5, 0.6) is 0 Å². The molecule has 6 heteroatoms. The summed E-state index contributed by atoms with van der Waals surface area (Å²) in [6.07, 6.45) is 0.310. The average Bonchev–Trinajstić information content (AvgIpc) is 2.26. The normalized spacial score (nSPS) is 11.8. The quantitative estimate of drug-likeness (QED) is 0.739. The molecule has 1 atom stereocenters. The molecule has 1 rings (SSSR count). The molecule has 0 bridgehead atoms. The van der Waals surface area contributed by atoms with Gasteiger partial charge >= 0.3 is 5.97 Å². The third kappa shape index (κ3) is 4.29. The van der Waals surface area contributed by atoms with Gasteiger partial charge in [0.15, 0.2) is 0 Å². The van der Waals surface area contributed by atoms with Gasteiger partial charge in [0.05, 0.1) is 29.2 Å². The first-order valence-electron chi connectivity index (χ1n) is 4.50. The lowest BCUT2D eigenvalue weighted by Gasteiger charge is -2.06. The molecule has 0 radical (unpaired) electrons. The first-order chi connectivity index (χ1) is 7.61. The molecule has 84 valence electrons. The fourth-order valence-electron chi connectivity index (χ4n) is 1.000. The summed E-state index contributed by atoms with van der Waals surface area (Å²) in [5.74, 6) is -0.791. The van der Waals surface area contributed by atoms with Crippen LogP contribution in [-0.4, -0.2) is 33.0 Å². The van der Waals surface area contributed by atoms with Crippen molar-refractivity contribution >= 4 is 17.7 Å². The lowest BCUT2D eigenvalue weighted by Crippen LogP contribution is -2.15. The summed E-state index contributed by atoms with van der Waals surface area (Å²) in [6.45, 7) is 0. The van der Waals surface area contributed by atoms with E-state index < -0.39 is 12.1 Å². The molecule has 2 N–H and O–H groups in total. The van der Waals surface area contributed by atoms with Crippen molar-refractivity contribution in [2.75, 3.05) is 5.75 Å². The van der Waals surface area contributed by atoms with Gasteiger partial charge in [-0.2, -0.15) is 5.26 Å². The first-order valence-corrected chi connectivity index (χ1v) is 5.49. The number of thioether (sulfide) groups is 1. The van der Waals surface area contributed by atoms with Crippen LogP contribution in [0.3, 0.4) is 0 Å². The smallest absolute Gasteiger partial charge is 0.306 e. The van der Waals surface area contributed by atoms with E-state index in [9.17, 15) is 9.90 Å². The van der Waals surface area contributed by atoms with Crippen molar-refractivity contribution in [1.82, 2.24) is 4.98 Å². The Labute approximate surface area is 96.7 Å². The van der Waals surface area contributed by atoms with E-state index in [1.54, 1.807) is 12.1 Å². The number of aliphatic carboxylic acids is 1. The number of pyridine rings is 1. The Hall–Kier alpha value is -1.58. The van der Waals surface area contributed by atoms with Crippen molar-refractivity contribution in [2.24, 2.45) is 0 Å². The molecule has 0 aliphatic heterocycles. The first kappa shape index (κ1) is 12.5. The Bertz CT molecular complexity index is 417. The summed E-state index contributed by atoms with van der Waals surface area (Å²) in [5.41, 5.74) is 0.491. The molecule has 1 heterocycles. The van der Waals surface area contributed by atoms with Crippen molar-refractivity contribution < 1.29 is 15.0 Å². The number of rotatable bonds is 5. The van der Waals surface area contributed by atoms with E-state index in [1.807, 2.05) is 6.07 Å². The van der Waals surface area contributed by atoms with Crippen molar-refractivity contribution in [3.63, 3.8) is 0 Å². The summed E-state index contributed by atoms with van der Waals surface area (Å²) < 4.78 is 0.